The van der Waals surface area contributed by atoms with E-state index < -0.39 is 0 Å². The Hall–Kier alpha value is -1.88. The topological polar surface area (TPSA) is 73.1 Å². The van der Waals surface area contributed by atoms with Crippen molar-refractivity contribution in [2.75, 3.05) is 24.3 Å². The minimum Gasteiger partial charge on any atom is -0.381 e. The number of para-hydroxylation sites is 2. The van der Waals surface area contributed by atoms with Crippen molar-refractivity contribution in [2.24, 2.45) is 0 Å². The van der Waals surface area contributed by atoms with Crippen LogP contribution >= 0.6 is 0 Å². The van der Waals surface area contributed by atoms with E-state index in [-0.39, 0.29) is 6.04 Å². The molecule has 0 spiro atoms. The Morgan fingerprint density at radius 3 is 2.71 bits per heavy atom. The molecule has 0 bridgehead atoms. The summed E-state index contributed by atoms with van der Waals surface area (Å²) in [4.78, 5) is 8.81. The van der Waals surface area contributed by atoms with E-state index in [1.54, 1.807) is 0 Å². The van der Waals surface area contributed by atoms with Gasteiger partial charge in [0.2, 0.25) is 0 Å². The summed E-state index contributed by atoms with van der Waals surface area (Å²) in [6, 6.07) is 7.98. The number of aromatic nitrogens is 2. The smallest absolute Gasteiger partial charge is 0.169 e. The Labute approximate surface area is 99.0 Å². The molecule has 5 nitrogen and oxygen atoms in total. The first-order chi connectivity index (χ1) is 8.33. The highest BCUT2D eigenvalue weighted by Gasteiger charge is 2.17. The molecule has 2 heterocycles. The zero-order valence-corrected chi connectivity index (χ0v) is 9.39. The largest absolute Gasteiger partial charge is 0.381 e. The van der Waals surface area contributed by atoms with Crippen molar-refractivity contribution >= 4 is 22.7 Å². The summed E-state index contributed by atoms with van der Waals surface area (Å²) in [6.45, 7) is 1.49. The Morgan fingerprint density at radius 2 is 2.00 bits per heavy atom. The van der Waals surface area contributed by atoms with Crippen LogP contribution < -0.4 is 11.1 Å². The van der Waals surface area contributed by atoms with Crippen molar-refractivity contribution in [1.82, 2.24) is 9.97 Å². The van der Waals surface area contributed by atoms with Crippen LogP contribution in [0.5, 0.6) is 0 Å². The number of benzene rings is 1. The number of nitrogens with zero attached hydrogens (tertiary/aromatic N) is 2. The highest BCUT2D eigenvalue weighted by atomic mass is 16.5. The monoisotopic (exact) mass is 230 g/mol. The lowest BCUT2D eigenvalue weighted by atomic mass is 10.2. The van der Waals surface area contributed by atoms with Crippen molar-refractivity contribution in [1.29, 1.82) is 0 Å². The quantitative estimate of drug-likeness (QED) is 0.816. The number of nitrogen functional groups attached to an aromatic ring is 1. The number of nitrogens with two attached hydrogens (primary N) is 1. The number of rotatable bonds is 2. The zero-order chi connectivity index (χ0) is 11.7. The first-order valence-electron chi connectivity index (χ1n) is 5.69. The number of fused-ring (bicyclic) bond motifs is 1. The van der Waals surface area contributed by atoms with Crippen molar-refractivity contribution < 1.29 is 4.74 Å². The molecule has 1 saturated heterocycles. The number of nitrogens with one attached hydrogen (secondary N) is 1. The lowest BCUT2D eigenvalue weighted by molar-refractivity contribution is 0.195. The van der Waals surface area contributed by atoms with Gasteiger partial charge in [0, 0.05) is 6.61 Å². The standard InChI is InChI=1S/C12H14N4O/c13-11-12(14-8-5-6-17-7-8)16-10-4-2-1-3-9(10)15-11/h1-4,8H,5-7H2,(H2,13,15)(H,14,16). The normalized spacial score (nSPS) is 19.6. The lowest BCUT2D eigenvalue weighted by Crippen LogP contribution is -2.21. The minimum atomic E-state index is 0.285. The van der Waals surface area contributed by atoms with Gasteiger partial charge in [-0.15, -0.1) is 0 Å². The van der Waals surface area contributed by atoms with Gasteiger partial charge in [-0.3, -0.25) is 0 Å². The van der Waals surface area contributed by atoms with Gasteiger partial charge in [0.1, 0.15) is 0 Å². The second-order valence-electron chi connectivity index (χ2n) is 4.15. The Balaban J connectivity index is 1.95. The predicted octanol–water partition coefficient (Wildman–Crippen LogP) is 1.41. The molecule has 1 fully saturated rings. The summed E-state index contributed by atoms with van der Waals surface area (Å²) in [5, 5.41) is 3.28. The Bertz CT molecular complexity index is 537. The summed E-state index contributed by atoms with van der Waals surface area (Å²) in [7, 11) is 0. The summed E-state index contributed by atoms with van der Waals surface area (Å²) in [5.74, 6) is 1.09. The third kappa shape index (κ3) is 2.01. The van der Waals surface area contributed by atoms with Gasteiger partial charge in [-0.25, -0.2) is 9.97 Å². The Morgan fingerprint density at radius 1 is 1.24 bits per heavy atom. The molecule has 1 aromatic heterocycles. The first-order valence-corrected chi connectivity index (χ1v) is 5.69. The van der Waals surface area contributed by atoms with Crippen molar-refractivity contribution in [3.05, 3.63) is 24.3 Å². The molecule has 1 atom stereocenters. The van der Waals surface area contributed by atoms with Crippen LogP contribution in [0.15, 0.2) is 24.3 Å². The molecule has 1 aliphatic heterocycles. The van der Waals surface area contributed by atoms with Gasteiger partial charge in [0.25, 0.3) is 0 Å². The van der Waals surface area contributed by atoms with Crippen LogP contribution in [0.25, 0.3) is 11.0 Å². The van der Waals surface area contributed by atoms with Gasteiger partial charge in [0.05, 0.1) is 23.7 Å². The maximum absolute atomic E-state index is 5.89. The zero-order valence-electron chi connectivity index (χ0n) is 9.39. The molecule has 0 amide bonds. The van der Waals surface area contributed by atoms with Gasteiger partial charge in [0.15, 0.2) is 11.6 Å². The van der Waals surface area contributed by atoms with Crippen LogP contribution in [0.3, 0.4) is 0 Å². The molecule has 0 aliphatic carbocycles. The first kappa shape index (κ1) is 10.3. The second-order valence-corrected chi connectivity index (χ2v) is 4.15. The molecule has 3 N–H and O–H groups in total. The fourth-order valence-corrected chi connectivity index (χ4v) is 1.96. The SMILES string of the molecule is Nc1nc2ccccc2nc1NC1CCOC1. The van der Waals surface area contributed by atoms with E-state index in [9.17, 15) is 0 Å². The number of hydrogen-bond acceptors (Lipinski definition) is 5. The summed E-state index contributed by atoms with van der Waals surface area (Å²) in [6.07, 6.45) is 0.980. The minimum absolute atomic E-state index is 0.285. The fourth-order valence-electron chi connectivity index (χ4n) is 1.96. The maximum Gasteiger partial charge on any atom is 0.169 e. The molecule has 1 aliphatic rings. The fraction of sp³-hybridized carbons (Fsp3) is 0.333. The average molecular weight is 230 g/mol. The highest BCUT2D eigenvalue weighted by Crippen LogP contribution is 2.20. The van der Waals surface area contributed by atoms with E-state index in [4.69, 9.17) is 10.5 Å². The van der Waals surface area contributed by atoms with E-state index >= 15 is 0 Å². The van der Waals surface area contributed by atoms with Gasteiger partial charge in [-0.1, -0.05) is 12.1 Å². The van der Waals surface area contributed by atoms with Crippen molar-refractivity contribution in [3.8, 4) is 0 Å². The molecular weight excluding hydrogens is 216 g/mol. The lowest BCUT2D eigenvalue weighted by Gasteiger charge is -2.13. The van der Waals surface area contributed by atoms with Crippen LogP contribution in [0.4, 0.5) is 11.6 Å². The van der Waals surface area contributed by atoms with E-state index in [0.29, 0.717) is 18.2 Å². The number of anilines is 2. The van der Waals surface area contributed by atoms with Crippen LogP contribution in [0, 0.1) is 0 Å². The van der Waals surface area contributed by atoms with Gasteiger partial charge >= 0.3 is 0 Å². The van der Waals surface area contributed by atoms with E-state index in [1.165, 1.54) is 0 Å². The molecule has 3 rings (SSSR count). The average Bonchev–Trinajstić information content (AvgIpc) is 2.83. The van der Waals surface area contributed by atoms with Crippen LogP contribution in [-0.4, -0.2) is 29.2 Å². The van der Waals surface area contributed by atoms with Gasteiger partial charge in [-0.2, -0.15) is 0 Å². The molecule has 0 saturated carbocycles. The van der Waals surface area contributed by atoms with Crippen LogP contribution in [-0.2, 0) is 4.74 Å². The second kappa shape index (κ2) is 4.18. The summed E-state index contributed by atoms with van der Waals surface area (Å²) >= 11 is 0. The van der Waals surface area contributed by atoms with Crippen LogP contribution in [0.2, 0.25) is 0 Å². The van der Waals surface area contributed by atoms with Gasteiger partial charge in [-0.05, 0) is 18.6 Å². The molecule has 1 unspecified atom stereocenters. The number of hydrogen-bond donors (Lipinski definition) is 2. The molecule has 0 radical (unpaired) electrons. The van der Waals surface area contributed by atoms with Crippen molar-refractivity contribution in [3.63, 3.8) is 0 Å². The molecule has 1 aromatic carbocycles. The molecule has 2 aromatic rings. The molecular formula is C12H14N4O. The summed E-state index contributed by atoms with van der Waals surface area (Å²) < 4.78 is 5.31. The highest BCUT2D eigenvalue weighted by molar-refractivity contribution is 5.79. The third-order valence-electron chi connectivity index (χ3n) is 2.87. The van der Waals surface area contributed by atoms with Gasteiger partial charge < -0.3 is 15.8 Å². The number of ether oxygens (including phenoxy) is 1. The molecule has 17 heavy (non-hydrogen) atoms. The maximum atomic E-state index is 5.89. The molecule has 5 heteroatoms. The Kier molecular flexibility index (Phi) is 2.53. The van der Waals surface area contributed by atoms with E-state index in [0.717, 1.165) is 24.1 Å². The van der Waals surface area contributed by atoms with Crippen LogP contribution in [0.1, 0.15) is 6.42 Å². The van der Waals surface area contributed by atoms with E-state index in [2.05, 4.69) is 15.3 Å². The predicted molar refractivity (Wildman–Crippen MR) is 66.8 cm³/mol. The molecule has 88 valence electrons. The third-order valence-corrected chi connectivity index (χ3v) is 2.87. The van der Waals surface area contributed by atoms with E-state index in [1.807, 2.05) is 24.3 Å². The van der Waals surface area contributed by atoms with Crippen molar-refractivity contribution in [2.45, 2.75) is 12.5 Å². The summed E-state index contributed by atoms with van der Waals surface area (Å²) in [5.41, 5.74) is 7.56.